The van der Waals surface area contributed by atoms with Crippen LogP contribution in [0.15, 0.2) is 0 Å². The van der Waals surface area contributed by atoms with E-state index in [0.29, 0.717) is 0 Å². The largest absolute Gasteiger partial charge is 0.356 e. The van der Waals surface area contributed by atoms with E-state index in [-0.39, 0.29) is 24.0 Å². The van der Waals surface area contributed by atoms with Gasteiger partial charge >= 0.3 is 0 Å². The van der Waals surface area contributed by atoms with Gasteiger partial charge in [0.2, 0.25) is 0 Å². The van der Waals surface area contributed by atoms with Crippen molar-refractivity contribution in [1.29, 1.82) is 0 Å². The number of rotatable bonds is 0. The predicted molar refractivity (Wildman–Crippen MR) is 25.8 cm³/mol. The van der Waals surface area contributed by atoms with Crippen molar-refractivity contribution < 1.29 is 5.09 Å². The fourth-order valence-corrected chi connectivity index (χ4v) is 0. The van der Waals surface area contributed by atoms with Gasteiger partial charge in [-0.15, -0.1) is 24.0 Å². The second kappa shape index (κ2) is 3.93. The van der Waals surface area contributed by atoms with Crippen LogP contribution in [0.2, 0.25) is 0 Å². The van der Waals surface area contributed by atoms with Gasteiger partial charge in [0, 0.05) is 0 Å². The average Bonchev–Trinajstić information content (AvgIpc) is 0.811. The maximum absolute atomic E-state index is 8.25. The Balaban J connectivity index is 0. The van der Waals surface area contributed by atoms with E-state index in [1.165, 1.54) is 0 Å². The summed E-state index contributed by atoms with van der Waals surface area (Å²) in [5.41, 5.74) is 0. The predicted octanol–water partition coefficient (Wildman–Crippen LogP) is 0.379. The molecule has 0 radical (unpaired) electrons. The van der Waals surface area contributed by atoms with E-state index in [1.54, 1.807) is 0 Å². The SMILES string of the molecule is I.O=[N+]([O-])[O-]. The van der Waals surface area contributed by atoms with Crippen molar-refractivity contribution in [3.8, 4) is 0 Å². The van der Waals surface area contributed by atoms with Gasteiger partial charge in [0.15, 0.2) is 0 Å². The quantitative estimate of drug-likeness (QED) is 0.315. The van der Waals surface area contributed by atoms with Gasteiger partial charge in [-0.3, -0.25) is 0 Å². The van der Waals surface area contributed by atoms with Crippen LogP contribution in [0, 0.1) is 15.3 Å². The molecule has 0 saturated carbocycles. The van der Waals surface area contributed by atoms with Crippen LogP contribution in [0.25, 0.3) is 0 Å². The molecule has 0 aliphatic heterocycles. The molecule has 0 fully saturated rings. The van der Waals surface area contributed by atoms with Gasteiger partial charge in [0.05, 0.1) is 5.09 Å². The number of hydrogen-bond donors (Lipinski definition) is 0. The first-order valence-electron chi connectivity index (χ1n) is 0.548. The normalized spacial score (nSPS) is 4.80. The molecule has 0 amide bonds. The van der Waals surface area contributed by atoms with Gasteiger partial charge in [-0.2, -0.15) is 0 Å². The third-order valence-corrected chi connectivity index (χ3v) is 0. The van der Waals surface area contributed by atoms with Gasteiger partial charge in [0.25, 0.3) is 0 Å². The summed E-state index contributed by atoms with van der Waals surface area (Å²) in [6, 6.07) is 0. The summed E-state index contributed by atoms with van der Waals surface area (Å²) in [5.74, 6) is 0. The Morgan fingerprint density at radius 1 is 1.40 bits per heavy atom. The molecule has 0 saturated heterocycles. The molecule has 4 nitrogen and oxygen atoms in total. The van der Waals surface area contributed by atoms with E-state index in [2.05, 4.69) is 0 Å². The smallest absolute Gasteiger partial charge is 0.0689 e. The highest BCUT2D eigenvalue weighted by Gasteiger charge is 1.45. The Kier molecular flexibility index (Phi) is 6.97. The standard InChI is InChI=1S/HI.NO3/c;2-1(3)4/h1H;/q;-1. The molecule has 0 heterocycles. The molecule has 0 aliphatic carbocycles. The molecular weight excluding hydrogens is 189 g/mol. The summed E-state index contributed by atoms with van der Waals surface area (Å²) in [5, 5.41) is 14.8. The van der Waals surface area contributed by atoms with Gasteiger partial charge in [-0.1, -0.05) is 0 Å². The first-order valence-corrected chi connectivity index (χ1v) is 0.548. The van der Waals surface area contributed by atoms with Crippen molar-refractivity contribution in [1.82, 2.24) is 0 Å². The molecule has 0 unspecified atom stereocenters. The fourth-order valence-electron chi connectivity index (χ4n) is 0. The zero-order valence-electron chi connectivity index (χ0n) is 2.08. The van der Waals surface area contributed by atoms with Crippen LogP contribution >= 0.6 is 24.0 Å². The van der Waals surface area contributed by atoms with E-state index in [4.69, 9.17) is 15.3 Å². The van der Waals surface area contributed by atoms with Crippen molar-refractivity contribution in [3.05, 3.63) is 15.3 Å². The zero-order chi connectivity index (χ0) is 3.58. The van der Waals surface area contributed by atoms with Gasteiger partial charge < -0.3 is 15.3 Å². The minimum atomic E-state index is -1.75. The summed E-state index contributed by atoms with van der Waals surface area (Å²) < 4.78 is 0. The lowest BCUT2D eigenvalue weighted by Gasteiger charge is -1.74. The van der Waals surface area contributed by atoms with Crippen LogP contribution in [0.5, 0.6) is 0 Å². The minimum absolute atomic E-state index is 0. The van der Waals surface area contributed by atoms with E-state index >= 15 is 0 Å². The van der Waals surface area contributed by atoms with Crippen LogP contribution in [0.3, 0.4) is 0 Å². The topological polar surface area (TPSA) is 66.2 Å². The van der Waals surface area contributed by atoms with Crippen molar-refractivity contribution in [2.45, 2.75) is 0 Å². The molecule has 0 rings (SSSR count). The third-order valence-electron chi connectivity index (χ3n) is 0. The second-order valence-electron chi connectivity index (χ2n) is 0.224. The Morgan fingerprint density at radius 3 is 1.40 bits per heavy atom. The lowest BCUT2D eigenvalue weighted by Crippen LogP contribution is -1.74. The van der Waals surface area contributed by atoms with Gasteiger partial charge in [-0.25, -0.2) is 0 Å². The van der Waals surface area contributed by atoms with Crippen LogP contribution in [0.1, 0.15) is 0 Å². The molecule has 5 heavy (non-hydrogen) atoms. The molecule has 0 aliphatic rings. The summed E-state index contributed by atoms with van der Waals surface area (Å²) in [6.07, 6.45) is 0. The Morgan fingerprint density at radius 2 is 1.40 bits per heavy atom. The summed E-state index contributed by atoms with van der Waals surface area (Å²) in [4.78, 5) is 8.25. The van der Waals surface area contributed by atoms with E-state index in [9.17, 15) is 0 Å². The average molecular weight is 190 g/mol. The first kappa shape index (κ1) is 8.87. The van der Waals surface area contributed by atoms with Crippen LogP contribution in [-0.2, 0) is 0 Å². The van der Waals surface area contributed by atoms with Crippen LogP contribution < -0.4 is 0 Å². The highest BCUT2D eigenvalue weighted by atomic mass is 127. The highest BCUT2D eigenvalue weighted by Crippen LogP contribution is 1.44. The van der Waals surface area contributed by atoms with Crippen LogP contribution in [0.4, 0.5) is 0 Å². The molecule has 0 spiro atoms. The fraction of sp³-hybridized carbons (Fsp3) is 0. The Labute approximate surface area is 44.9 Å². The molecule has 0 atom stereocenters. The number of halogens is 1. The summed E-state index contributed by atoms with van der Waals surface area (Å²) in [6.45, 7) is 0. The molecule has 0 aromatic carbocycles. The second-order valence-corrected chi connectivity index (χ2v) is 0.224. The molecule has 0 aromatic heterocycles. The van der Waals surface area contributed by atoms with Gasteiger partial charge in [0.1, 0.15) is 0 Å². The Hall–Kier alpha value is -0.0700. The highest BCUT2D eigenvalue weighted by molar-refractivity contribution is 14.0. The molecule has 0 N–H and O–H groups in total. The maximum Gasteiger partial charge on any atom is 0.0689 e. The minimum Gasteiger partial charge on any atom is -0.356 e. The van der Waals surface area contributed by atoms with Crippen molar-refractivity contribution in [2.24, 2.45) is 0 Å². The summed E-state index contributed by atoms with van der Waals surface area (Å²) in [7, 11) is 0. The molecule has 32 valence electrons. The third kappa shape index (κ3) is 2990. The first-order chi connectivity index (χ1) is 1.73. The van der Waals surface area contributed by atoms with E-state index in [1.807, 2.05) is 0 Å². The van der Waals surface area contributed by atoms with Crippen LogP contribution in [-0.4, -0.2) is 5.09 Å². The number of nitrogens with zero attached hydrogens (tertiary/aromatic N) is 1. The lowest BCUT2D eigenvalue weighted by atomic mass is 13.1. The van der Waals surface area contributed by atoms with Crippen molar-refractivity contribution in [3.63, 3.8) is 0 Å². The van der Waals surface area contributed by atoms with Crippen molar-refractivity contribution >= 4 is 24.0 Å². The van der Waals surface area contributed by atoms with Gasteiger partial charge in [-0.05, 0) is 0 Å². The zero-order valence-corrected chi connectivity index (χ0v) is 4.41. The monoisotopic (exact) mass is 190 g/mol. The Bertz CT molecular complexity index is 29.9. The maximum atomic E-state index is 8.25. The lowest BCUT2D eigenvalue weighted by molar-refractivity contribution is -0.402. The molecule has 5 heteroatoms. The van der Waals surface area contributed by atoms with E-state index < -0.39 is 5.09 Å². The number of hydrogen-bond acceptors (Lipinski definition) is 3. The summed E-state index contributed by atoms with van der Waals surface area (Å²) >= 11 is 0. The van der Waals surface area contributed by atoms with E-state index in [0.717, 1.165) is 0 Å². The molecule has 0 bridgehead atoms. The van der Waals surface area contributed by atoms with Crippen molar-refractivity contribution in [2.75, 3.05) is 0 Å². The molecular formula is HINO3-. The molecule has 0 aromatic rings.